The molecule has 0 fully saturated rings. The predicted molar refractivity (Wildman–Crippen MR) is 105 cm³/mol. The Morgan fingerprint density at radius 1 is 1.04 bits per heavy atom. The summed E-state index contributed by atoms with van der Waals surface area (Å²) in [7, 11) is 0. The van der Waals surface area contributed by atoms with Gasteiger partial charge in [-0.3, -0.25) is 0 Å². The van der Waals surface area contributed by atoms with Gasteiger partial charge < -0.3 is 5.73 Å². The molecule has 0 unspecified atom stereocenters. The lowest BCUT2D eigenvalue weighted by molar-refractivity contribution is 1.11. The summed E-state index contributed by atoms with van der Waals surface area (Å²) in [5.74, 6) is 0.280. The summed E-state index contributed by atoms with van der Waals surface area (Å²) in [6.45, 7) is 2.08. The van der Waals surface area contributed by atoms with Crippen LogP contribution >= 0.6 is 11.8 Å². The Balaban J connectivity index is 2.31. The van der Waals surface area contributed by atoms with E-state index in [-0.39, 0.29) is 5.82 Å². The van der Waals surface area contributed by atoms with Gasteiger partial charge in [-0.2, -0.15) is 5.26 Å². The molecule has 4 heteroatoms. The highest BCUT2D eigenvalue weighted by atomic mass is 32.2. The van der Waals surface area contributed by atoms with Crippen LogP contribution in [0.15, 0.2) is 59.5 Å². The third-order valence-corrected chi connectivity index (χ3v) is 4.96. The molecule has 0 amide bonds. The van der Waals surface area contributed by atoms with Gasteiger partial charge in [0.25, 0.3) is 0 Å². The van der Waals surface area contributed by atoms with Crippen molar-refractivity contribution in [2.45, 2.75) is 18.2 Å². The first kappa shape index (κ1) is 17.1. The normalized spacial score (nSPS) is 10.4. The molecule has 1 aromatic heterocycles. The van der Waals surface area contributed by atoms with Crippen LogP contribution < -0.4 is 5.73 Å². The molecule has 3 rings (SSSR count). The van der Waals surface area contributed by atoms with Crippen LogP contribution in [0.4, 0.5) is 5.82 Å². The molecule has 2 N–H and O–H groups in total. The number of hydrogen-bond donors (Lipinski definition) is 1. The molecular weight excluding hydrogens is 326 g/mol. The van der Waals surface area contributed by atoms with Crippen molar-refractivity contribution in [1.82, 2.24) is 4.98 Å². The summed E-state index contributed by atoms with van der Waals surface area (Å²) in [5, 5.41) is 9.67. The van der Waals surface area contributed by atoms with E-state index in [4.69, 9.17) is 5.73 Å². The van der Waals surface area contributed by atoms with E-state index in [0.29, 0.717) is 5.56 Å². The lowest BCUT2D eigenvalue weighted by Crippen LogP contribution is -2.05. The minimum Gasteiger partial charge on any atom is -0.383 e. The van der Waals surface area contributed by atoms with Gasteiger partial charge in [0.15, 0.2) is 0 Å². The van der Waals surface area contributed by atoms with Crippen LogP contribution in [0.3, 0.4) is 0 Å². The zero-order valence-corrected chi connectivity index (χ0v) is 15.1. The van der Waals surface area contributed by atoms with Crippen LogP contribution in [0, 0.1) is 11.3 Å². The second-order valence-corrected chi connectivity index (χ2v) is 6.51. The highest BCUT2D eigenvalue weighted by Crippen LogP contribution is 2.37. The van der Waals surface area contributed by atoms with Gasteiger partial charge in [-0.1, -0.05) is 49.4 Å². The maximum absolute atomic E-state index is 9.67. The molecule has 3 nitrogen and oxygen atoms in total. The third kappa shape index (κ3) is 3.24. The number of aromatic nitrogens is 1. The summed E-state index contributed by atoms with van der Waals surface area (Å²) < 4.78 is 0. The van der Waals surface area contributed by atoms with Crippen molar-refractivity contribution in [3.05, 3.63) is 65.7 Å². The van der Waals surface area contributed by atoms with Crippen molar-refractivity contribution in [3.63, 3.8) is 0 Å². The van der Waals surface area contributed by atoms with E-state index in [1.54, 1.807) is 11.8 Å². The topological polar surface area (TPSA) is 62.7 Å². The van der Waals surface area contributed by atoms with Crippen molar-refractivity contribution >= 4 is 17.6 Å². The Morgan fingerprint density at radius 3 is 2.28 bits per heavy atom. The van der Waals surface area contributed by atoms with Crippen LogP contribution in [0.25, 0.3) is 22.4 Å². The zero-order valence-electron chi connectivity index (χ0n) is 14.3. The standard InChI is InChI=1S/C21H19N3S/c1-3-17-19(14-9-11-16(25-2)12-10-14)18(13-22)21(23)24-20(17)15-7-5-4-6-8-15/h4-12H,3H2,1-2H3,(H2,23,24). The molecule has 0 bridgehead atoms. The summed E-state index contributed by atoms with van der Waals surface area (Å²) in [6, 6.07) is 20.5. The minimum absolute atomic E-state index is 0.280. The Bertz CT molecular complexity index is 926. The van der Waals surface area contributed by atoms with Crippen molar-refractivity contribution < 1.29 is 0 Å². The second-order valence-electron chi connectivity index (χ2n) is 5.63. The zero-order chi connectivity index (χ0) is 17.8. The molecule has 0 aliphatic rings. The van der Waals surface area contributed by atoms with Gasteiger partial charge in [-0.15, -0.1) is 11.8 Å². The van der Waals surface area contributed by atoms with Crippen molar-refractivity contribution in [1.29, 1.82) is 5.26 Å². The average Bonchev–Trinajstić information content (AvgIpc) is 2.68. The van der Waals surface area contributed by atoms with Gasteiger partial charge in [0, 0.05) is 16.0 Å². The first-order valence-electron chi connectivity index (χ1n) is 8.11. The fourth-order valence-electron chi connectivity index (χ4n) is 3.01. The summed E-state index contributed by atoms with van der Waals surface area (Å²) >= 11 is 1.69. The highest BCUT2D eigenvalue weighted by Gasteiger charge is 2.19. The van der Waals surface area contributed by atoms with Gasteiger partial charge in [0.05, 0.1) is 5.69 Å². The van der Waals surface area contributed by atoms with Crippen molar-refractivity contribution in [2.24, 2.45) is 0 Å². The second kappa shape index (κ2) is 7.42. The van der Waals surface area contributed by atoms with Gasteiger partial charge >= 0.3 is 0 Å². The quantitative estimate of drug-likeness (QED) is 0.664. The van der Waals surface area contributed by atoms with Gasteiger partial charge in [-0.25, -0.2) is 4.98 Å². The molecule has 0 saturated heterocycles. The number of hydrogen-bond acceptors (Lipinski definition) is 4. The molecule has 0 saturated carbocycles. The number of nitrogen functional groups attached to an aromatic ring is 1. The molecule has 0 spiro atoms. The van der Waals surface area contributed by atoms with Crippen molar-refractivity contribution in [2.75, 3.05) is 12.0 Å². The molecule has 1 heterocycles. The molecule has 0 radical (unpaired) electrons. The first-order chi connectivity index (χ1) is 12.2. The van der Waals surface area contributed by atoms with E-state index < -0.39 is 0 Å². The lowest BCUT2D eigenvalue weighted by atomic mass is 9.90. The number of pyridine rings is 1. The molecule has 25 heavy (non-hydrogen) atoms. The van der Waals surface area contributed by atoms with Gasteiger partial charge in [0.2, 0.25) is 0 Å². The average molecular weight is 345 g/mol. The van der Waals surface area contributed by atoms with E-state index in [9.17, 15) is 5.26 Å². The van der Waals surface area contributed by atoms with Crippen molar-refractivity contribution in [3.8, 4) is 28.5 Å². The smallest absolute Gasteiger partial charge is 0.142 e. The first-order valence-corrected chi connectivity index (χ1v) is 9.34. The molecule has 0 aliphatic carbocycles. The fraction of sp³-hybridized carbons (Fsp3) is 0.143. The number of thioether (sulfide) groups is 1. The molecule has 2 aromatic carbocycles. The van der Waals surface area contributed by atoms with Crippen LogP contribution in [0.2, 0.25) is 0 Å². The summed E-state index contributed by atoms with van der Waals surface area (Å²) in [6.07, 6.45) is 2.82. The van der Waals surface area contributed by atoms with E-state index >= 15 is 0 Å². The largest absolute Gasteiger partial charge is 0.383 e. The molecule has 0 aliphatic heterocycles. The predicted octanol–water partition coefficient (Wildman–Crippen LogP) is 5.15. The van der Waals surface area contributed by atoms with E-state index in [2.05, 4.69) is 42.2 Å². The lowest BCUT2D eigenvalue weighted by Gasteiger charge is -2.17. The van der Waals surface area contributed by atoms with Crippen LogP contribution in [-0.2, 0) is 6.42 Å². The highest BCUT2D eigenvalue weighted by molar-refractivity contribution is 7.98. The summed E-state index contributed by atoms with van der Waals surface area (Å²) in [5.41, 5.74) is 11.4. The van der Waals surface area contributed by atoms with Gasteiger partial charge in [-0.05, 0) is 35.9 Å². The van der Waals surface area contributed by atoms with Crippen LogP contribution in [0.1, 0.15) is 18.1 Å². The Kier molecular flexibility index (Phi) is 5.06. The Labute approximate surface area is 152 Å². The molecule has 3 aromatic rings. The number of nitrogens with zero attached hydrogens (tertiary/aromatic N) is 2. The van der Waals surface area contributed by atoms with Crippen LogP contribution in [0.5, 0.6) is 0 Å². The third-order valence-electron chi connectivity index (χ3n) is 4.22. The Hall–Kier alpha value is -2.77. The SMILES string of the molecule is CCc1c(-c2ccccc2)nc(N)c(C#N)c1-c1ccc(SC)cc1. The summed E-state index contributed by atoms with van der Waals surface area (Å²) in [4.78, 5) is 5.74. The maximum atomic E-state index is 9.67. The minimum atomic E-state index is 0.280. The number of rotatable bonds is 4. The van der Waals surface area contributed by atoms with Crippen LogP contribution in [-0.4, -0.2) is 11.2 Å². The number of anilines is 1. The Morgan fingerprint density at radius 2 is 1.72 bits per heavy atom. The number of nitriles is 1. The fourth-order valence-corrected chi connectivity index (χ4v) is 3.42. The number of benzene rings is 2. The number of nitrogens with two attached hydrogens (primary N) is 1. The van der Waals surface area contributed by atoms with E-state index in [0.717, 1.165) is 34.4 Å². The van der Waals surface area contributed by atoms with E-state index in [1.807, 2.05) is 36.6 Å². The van der Waals surface area contributed by atoms with E-state index in [1.165, 1.54) is 4.90 Å². The molecular formula is C21H19N3S. The molecule has 0 atom stereocenters. The molecule has 124 valence electrons. The monoisotopic (exact) mass is 345 g/mol. The van der Waals surface area contributed by atoms with Gasteiger partial charge in [0.1, 0.15) is 17.5 Å². The maximum Gasteiger partial charge on any atom is 0.142 e.